The molecule has 1 fully saturated rings. The lowest BCUT2D eigenvalue weighted by Gasteiger charge is -2.06. The Balaban J connectivity index is 2.41. The van der Waals surface area contributed by atoms with Crippen LogP contribution in [0.2, 0.25) is 0 Å². The van der Waals surface area contributed by atoms with Crippen LogP contribution in [-0.2, 0) is 4.79 Å². The zero-order valence-corrected chi connectivity index (χ0v) is 5.96. The minimum Gasteiger partial charge on any atom is -0.481 e. The molecule has 0 aromatic heterocycles. The Morgan fingerprint density at radius 3 is 2.36 bits per heavy atom. The molecule has 1 aliphatic carbocycles. The molecule has 2 atom stereocenters. The van der Waals surface area contributed by atoms with Crippen molar-refractivity contribution in [3.8, 4) is 0 Å². The van der Waals surface area contributed by atoms with Gasteiger partial charge < -0.3 is 5.11 Å². The van der Waals surface area contributed by atoms with Crippen molar-refractivity contribution in [1.82, 2.24) is 0 Å². The molecule has 4 heteroatoms. The van der Waals surface area contributed by atoms with Gasteiger partial charge in [0.15, 0.2) is 0 Å². The first-order chi connectivity index (χ1) is 5.11. The standard InChI is InChI=1S/C7H10F2O2/c8-6(9)4-1-2-5(3-4)7(10)11/h4-6H,1-3H2,(H,10,11)/t4?,5-/m0/s1. The summed E-state index contributed by atoms with van der Waals surface area (Å²) in [5.41, 5.74) is 0. The van der Waals surface area contributed by atoms with Gasteiger partial charge in [-0.15, -0.1) is 0 Å². The van der Waals surface area contributed by atoms with E-state index in [4.69, 9.17) is 5.11 Å². The van der Waals surface area contributed by atoms with Crippen LogP contribution in [0.4, 0.5) is 8.78 Å². The maximum Gasteiger partial charge on any atom is 0.306 e. The Kier molecular flexibility index (Phi) is 2.42. The number of carbonyl (C=O) groups is 1. The van der Waals surface area contributed by atoms with Gasteiger partial charge in [-0.05, 0) is 19.3 Å². The molecule has 0 bridgehead atoms. The van der Waals surface area contributed by atoms with Crippen LogP contribution >= 0.6 is 0 Å². The Hall–Kier alpha value is -0.670. The largest absolute Gasteiger partial charge is 0.481 e. The summed E-state index contributed by atoms with van der Waals surface area (Å²) >= 11 is 0. The molecule has 1 unspecified atom stereocenters. The predicted octanol–water partition coefficient (Wildman–Crippen LogP) is 1.75. The van der Waals surface area contributed by atoms with Crippen molar-refractivity contribution in [2.75, 3.05) is 0 Å². The minimum atomic E-state index is -2.35. The van der Waals surface area contributed by atoms with Crippen molar-refractivity contribution >= 4 is 5.97 Å². The topological polar surface area (TPSA) is 37.3 Å². The molecule has 1 saturated carbocycles. The van der Waals surface area contributed by atoms with Gasteiger partial charge in [0, 0.05) is 5.92 Å². The predicted molar refractivity (Wildman–Crippen MR) is 34.5 cm³/mol. The summed E-state index contributed by atoms with van der Waals surface area (Å²) in [6.45, 7) is 0. The minimum absolute atomic E-state index is 0.146. The molecule has 0 aromatic rings. The van der Waals surface area contributed by atoms with Crippen LogP contribution in [0.25, 0.3) is 0 Å². The number of hydrogen-bond acceptors (Lipinski definition) is 1. The molecular formula is C7H10F2O2. The van der Waals surface area contributed by atoms with E-state index < -0.39 is 24.2 Å². The highest BCUT2D eigenvalue weighted by Crippen LogP contribution is 2.34. The van der Waals surface area contributed by atoms with Gasteiger partial charge in [0.1, 0.15) is 0 Å². The fourth-order valence-corrected chi connectivity index (χ4v) is 1.47. The van der Waals surface area contributed by atoms with Crippen LogP contribution in [0, 0.1) is 11.8 Å². The Morgan fingerprint density at radius 2 is 2.09 bits per heavy atom. The van der Waals surface area contributed by atoms with Crippen LogP contribution < -0.4 is 0 Å². The van der Waals surface area contributed by atoms with Crippen LogP contribution in [0.3, 0.4) is 0 Å². The van der Waals surface area contributed by atoms with Gasteiger partial charge in [0.05, 0.1) is 5.92 Å². The molecule has 0 radical (unpaired) electrons. The molecule has 1 rings (SSSR count). The number of hydrogen-bond donors (Lipinski definition) is 1. The van der Waals surface area contributed by atoms with Crippen molar-refractivity contribution in [3.05, 3.63) is 0 Å². The van der Waals surface area contributed by atoms with Crippen LogP contribution in [-0.4, -0.2) is 17.5 Å². The summed E-state index contributed by atoms with van der Waals surface area (Å²) in [5, 5.41) is 8.47. The van der Waals surface area contributed by atoms with E-state index in [9.17, 15) is 13.6 Å². The second kappa shape index (κ2) is 3.15. The van der Waals surface area contributed by atoms with Gasteiger partial charge in [-0.3, -0.25) is 4.79 Å². The Bertz CT molecular complexity index is 159. The zero-order valence-electron chi connectivity index (χ0n) is 5.96. The van der Waals surface area contributed by atoms with E-state index in [1.165, 1.54) is 0 Å². The smallest absolute Gasteiger partial charge is 0.306 e. The lowest BCUT2D eigenvalue weighted by Crippen LogP contribution is -2.12. The lowest BCUT2D eigenvalue weighted by molar-refractivity contribution is -0.141. The van der Waals surface area contributed by atoms with Crippen molar-refractivity contribution in [2.24, 2.45) is 11.8 Å². The molecule has 0 spiro atoms. The van der Waals surface area contributed by atoms with Gasteiger partial charge in [0.25, 0.3) is 0 Å². The van der Waals surface area contributed by atoms with E-state index in [0.29, 0.717) is 12.8 Å². The number of carboxylic acid groups (broad SMARTS) is 1. The van der Waals surface area contributed by atoms with E-state index in [1.807, 2.05) is 0 Å². The molecule has 0 aromatic carbocycles. The molecule has 64 valence electrons. The van der Waals surface area contributed by atoms with E-state index in [-0.39, 0.29) is 6.42 Å². The highest BCUT2D eigenvalue weighted by molar-refractivity contribution is 5.70. The van der Waals surface area contributed by atoms with E-state index in [0.717, 1.165) is 0 Å². The van der Waals surface area contributed by atoms with E-state index in [1.54, 1.807) is 0 Å². The van der Waals surface area contributed by atoms with E-state index >= 15 is 0 Å². The maximum absolute atomic E-state index is 12.0. The highest BCUT2D eigenvalue weighted by Gasteiger charge is 2.34. The molecule has 1 N–H and O–H groups in total. The maximum atomic E-state index is 12.0. The lowest BCUT2D eigenvalue weighted by atomic mass is 10.1. The molecule has 0 amide bonds. The average molecular weight is 164 g/mol. The average Bonchev–Trinajstić information content (AvgIpc) is 2.33. The highest BCUT2D eigenvalue weighted by atomic mass is 19.3. The third-order valence-electron chi connectivity index (χ3n) is 2.18. The zero-order chi connectivity index (χ0) is 8.43. The van der Waals surface area contributed by atoms with Crippen molar-refractivity contribution in [3.63, 3.8) is 0 Å². The van der Waals surface area contributed by atoms with Crippen LogP contribution in [0.15, 0.2) is 0 Å². The summed E-state index contributed by atoms with van der Waals surface area (Å²) in [5.74, 6) is -2.15. The Labute approximate surface area is 63.2 Å². The molecule has 11 heavy (non-hydrogen) atoms. The van der Waals surface area contributed by atoms with Gasteiger partial charge >= 0.3 is 5.97 Å². The first kappa shape index (κ1) is 8.43. The quantitative estimate of drug-likeness (QED) is 0.675. The van der Waals surface area contributed by atoms with E-state index in [2.05, 4.69) is 0 Å². The van der Waals surface area contributed by atoms with Crippen molar-refractivity contribution < 1.29 is 18.7 Å². The second-order valence-corrected chi connectivity index (χ2v) is 2.94. The molecule has 2 nitrogen and oxygen atoms in total. The van der Waals surface area contributed by atoms with Gasteiger partial charge in [-0.2, -0.15) is 0 Å². The summed E-state index contributed by atoms with van der Waals surface area (Å²) in [6.07, 6.45) is -1.44. The first-order valence-electron chi connectivity index (χ1n) is 3.62. The van der Waals surface area contributed by atoms with Crippen LogP contribution in [0.1, 0.15) is 19.3 Å². The molecule has 0 aliphatic heterocycles. The fourth-order valence-electron chi connectivity index (χ4n) is 1.47. The molecule has 0 heterocycles. The van der Waals surface area contributed by atoms with Gasteiger partial charge in [-0.1, -0.05) is 0 Å². The third kappa shape index (κ3) is 1.88. The van der Waals surface area contributed by atoms with Gasteiger partial charge in [-0.25, -0.2) is 8.78 Å². The van der Waals surface area contributed by atoms with Crippen LogP contribution in [0.5, 0.6) is 0 Å². The number of carboxylic acids is 1. The molecule has 1 aliphatic rings. The monoisotopic (exact) mass is 164 g/mol. The van der Waals surface area contributed by atoms with Crippen molar-refractivity contribution in [1.29, 1.82) is 0 Å². The number of rotatable bonds is 2. The fraction of sp³-hybridized carbons (Fsp3) is 0.857. The number of halogens is 2. The molecule has 0 saturated heterocycles. The molecular weight excluding hydrogens is 154 g/mol. The second-order valence-electron chi connectivity index (χ2n) is 2.94. The summed E-state index contributed by atoms with van der Waals surface area (Å²) in [6, 6.07) is 0. The third-order valence-corrected chi connectivity index (χ3v) is 2.18. The van der Waals surface area contributed by atoms with Gasteiger partial charge in [0.2, 0.25) is 6.43 Å². The SMILES string of the molecule is O=C(O)[C@H]1CCC(C(F)F)C1. The summed E-state index contributed by atoms with van der Waals surface area (Å²) in [4.78, 5) is 10.3. The number of aliphatic carboxylic acids is 1. The normalized spacial score (nSPS) is 31.2. The number of alkyl halides is 2. The summed E-state index contributed by atoms with van der Waals surface area (Å²) in [7, 11) is 0. The Morgan fingerprint density at radius 1 is 1.45 bits per heavy atom. The first-order valence-corrected chi connectivity index (χ1v) is 3.62. The van der Waals surface area contributed by atoms with Crippen molar-refractivity contribution in [2.45, 2.75) is 25.7 Å². The summed E-state index contributed by atoms with van der Waals surface area (Å²) < 4.78 is 24.0.